The minimum Gasteiger partial charge on any atom is -0.395 e. The van der Waals surface area contributed by atoms with E-state index in [2.05, 4.69) is 17.3 Å². The van der Waals surface area contributed by atoms with Crippen LogP contribution < -0.4 is 5.32 Å². The largest absolute Gasteiger partial charge is 0.395 e. The van der Waals surface area contributed by atoms with Crippen LogP contribution in [0.15, 0.2) is 0 Å². The van der Waals surface area contributed by atoms with E-state index in [0.717, 1.165) is 51.9 Å². The van der Waals surface area contributed by atoms with Crippen molar-refractivity contribution in [2.75, 3.05) is 46.4 Å². The summed E-state index contributed by atoms with van der Waals surface area (Å²) in [5.74, 6) is 0.357. The number of aliphatic hydroxyl groups excluding tert-OH is 1. The molecule has 0 aromatic rings. The highest BCUT2D eigenvalue weighted by Gasteiger charge is 2.31. The summed E-state index contributed by atoms with van der Waals surface area (Å²) in [6.07, 6.45) is 4.13. The molecule has 2 N–H and O–H groups in total. The quantitative estimate of drug-likeness (QED) is 0.748. The van der Waals surface area contributed by atoms with E-state index < -0.39 is 0 Å². The normalized spacial score (nSPS) is 26.3. The van der Waals surface area contributed by atoms with Crippen LogP contribution >= 0.6 is 0 Å². The summed E-state index contributed by atoms with van der Waals surface area (Å²) in [4.78, 5) is 16.9. The number of nitrogens with zero attached hydrogens (tertiary/aromatic N) is 2. The fraction of sp³-hybridized carbons (Fsp3) is 0.929. The molecule has 1 atom stereocenters. The first-order valence-corrected chi connectivity index (χ1v) is 7.53. The van der Waals surface area contributed by atoms with Gasteiger partial charge in [0.2, 0.25) is 5.91 Å². The molecule has 2 fully saturated rings. The molecular formula is C14H27N3O2. The Morgan fingerprint density at radius 2 is 2.11 bits per heavy atom. The third-order valence-corrected chi connectivity index (χ3v) is 4.40. The van der Waals surface area contributed by atoms with Crippen LogP contribution in [-0.2, 0) is 4.79 Å². The molecule has 0 aromatic carbocycles. The fourth-order valence-electron chi connectivity index (χ4n) is 3.18. The molecule has 0 radical (unpaired) electrons. The summed E-state index contributed by atoms with van der Waals surface area (Å²) in [5, 5.41) is 12.6. The van der Waals surface area contributed by atoms with Crippen molar-refractivity contribution in [3.63, 3.8) is 0 Å². The van der Waals surface area contributed by atoms with E-state index in [-0.39, 0.29) is 18.4 Å². The van der Waals surface area contributed by atoms with E-state index in [1.54, 1.807) is 0 Å². The Hall–Kier alpha value is -0.650. The highest BCUT2D eigenvalue weighted by Crippen LogP contribution is 2.20. The SMILES string of the molecule is CN1CCC(N(CCO)C(=O)[C@@H]2CCCNC2)CC1. The van der Waals surface area contributed by atoms with Crippen LogP contribution in [0, 0.1) is 5.92 Å². The van der Waals surface area contributed by atoms with Crippen molar-refractivity contribution in [1.29, 1.82) is 0 Å². The molecule has 0 bridgehead atoms. The lowest BCUT2D eigenvalue weighted by Gasteiger charge is -2.39. The zero-order chi connectivity index (χ0) is 13.7. The number of nitrogens with one attached hydrogen (secondary N) is 1. The molecule has 5 heteroatoms. The van der Waals surface area contributed by atoms with E-state index in [0.29, 0.717) is 12.6 Å². The molecule has 2 rings (SSSR count). The van der Waals surface area contributed by atoms with E-state index in [1.807, 2.05) is 4.90 Å². The summed E-state index contributed by atoms with van der Waals surface area (Å²) < 4.78 is 0. The van der Waals surface area contributed by atoms with E-state index in [4.69, 9.17) is 0 Å². The van der Waals surface area contributed by atoms with Crippen LogP contribution in [0.25, 0.3) is 0 Å². The van der Waals surface area contributed by atoms with Gasteiger partial charge in [0.15, 0.2) is 0 Å². The standard InChI is InChI=1S/C14H27N3O2/c1-16-7-4-13(5-8-16)17(9-10-18)14(19)12-3-2-6-15-11-12/h12-13,15,18H,2-11H2,1H3/t12-/m1/s1. The highest BCUT2D eigenvalue weighted by molar-refractivity contribution is 5.79. The topological polar surface area (TPSA) is 55.8 Å². The number of carbonyl (C=O) groups is 1. The number of hydrogen-bond donors (Lipinski definition) is 2. The second kappa shape index (κ2) is 7.22. The Bertz CT molecular complexity index is 284. The van der Waals surface area contributed by atoms with Crippen molar-refractivity contribution < 1.29 is 9.90 Å². The van der Waals surface area contributed by atoms with Crippen LogP contribution in [0.1, 0.15) is 25.7 Å². The fourth-order valence-corrected chi connectivity index (χ4v) is 3.18. The van der Waals surface area contributed by atoms with Gasteiger partial charge in [0, 0.05) is 19.1 Å². The molecule has 0 spiro atoms. The van der Waals surface area contributed by atoms with Crippen molar-refractivity contribution in [3.8, 4) is 0 Å². The number of piperidine rings is 2. The first-order valence-electron chi connectivity index (χ1n) is 7.53. The van der Waals surface area contributed by atoms with Gasteiger partial charge in [0.1, 0.15) is 0 Å². The van der Waals surface area contributed by atoms with Gasteiger partial charge in [-0.05, 0) is 52.4 Å². The Morgan fingerprint density at radius 3 is 2.68 bits per heavy atom. The first-order chi connectivity index (χ1) is 9.22. The summed E-state index contributed by atoms with van der Waals surface area (Å²) in [5.41, 5.74) is 0. The molecule has 0 saturated carbocycles. The van der Waals surface area contributed by atoms with E-state index in [1.165, 1.54) is 0 Å². The first kappa shape index (κ1) is 14.8. The predicted molar refractivity (Wildman–Crippen MR) is 74.9 cm³/mol. The van der Waals surface area contributed by atoms with Gasteiger partial charge in [-0.2, -0.15) is 0 Å². The molecule has 2 saturated heterocycles. The molecule has 19 heavy (non-hydrogen) atoms. The molecule has 0 aliphatic carbocycles. The molecule has 5 nitrogen and oxygen atoms in total. The number of hydrogen-bond acceptors (Lipinski definition) is 4. The van der Waals surface area contributed by atoms with Crippen molar-refractivity contribution in [2.24, 2.45) is 5.92 Å². The Labute approximate surface area is 115 Å². The molecule has 2 heterocycles. The lowest BCUT2D eigenvalue weighted by molar-refractivity contribution is -0.140. The predicted octanol–water partition coefficient (Wildman–Crippen LogP) is -0.0989. The summed E-state index contributed by atoms with van der Waals surface area (Å²) >= 11 is 0. The third kappa shape index (κ3) is 3.91. The van der Waals surface area contributed by atoms with Gasteiger partial charge < -0.3 is 20.2 Å². The lowest BCUT2D eigenvalue weighted by atomic mass is 9.95. The Kier molecular flexibility index (Phi) is 5.60. The zero-order valence-corrected chi connectivity index (χ0v) is 12.0. The second-order valence-corrected chi connectivity index (χ2v) is 5.83. The maximum Gasteiger partial charge on any atom is 0.227 e. The molecule has 2 aliphatic rings. The van der Waals surface area contributed by atoms with Crippen molar-refractivity contribution in [3.05, 3.63) is 0 Å². The summed E-state index contributed by atoms with van der Waals surface area (Å²) in [6.45, 7) is 4.47. The van der Waals surface area contributed by atoms with Gasteiger partial charge in [0.05, 0.1) is 12.5 Å². The van der Waals surface area contributed by atoms with Gasteiger partial charge in [-0.1, -0.05) is 0 Å². The van der Waals surface area contributed by atoms with Crippen LogP contribution in [-0.4, -0.2) is 73.2 Å². The monoisotopic (exact) mass is 269 g/mol. The second-order valence-electron chi connectivity index (χ2n) is 5.83. The van der Waals surface area contributed by atoms with Crippen LogP contribution in [0.3, 0.4) is 0 Å². The molecule has 0 unspecified atom stereocenters. The molecule has 2 aliphatic heterocycles. The number of likely N-dealkylation sites (tertiary alicyclic amines) is 1. The lowest BCUT2D eigenvalue weighted by Crippen LogP contribution is -2.51. The molecule has 0 aromatic heterocycles. The van der Waals surface area contributed by atoms with Crippen LogP contribution in [0.2, 0.25) is 0 Å². The van der Waals surface area contributed by atoms with Gasteiger partial charge in [-0.3, -0.25) is 4.79 Å². The van der Waals surface area contributed by atoms with E-state index >= 15 is 0 Å². The number of amides is 1. The van der Waals surface area contributed by atoms with Crippen molar-refractivity contribution in [2.45, 2.75) is 31.7 Å². The van der Waals surface area contributed by atoms with Crippen molar-refractivity contribution >= 4 is 5.91 Å². The van der Waals surface area contributed by atoms with Gasteiger partial charge >= 0.3 is 0 Å². The van der Waals surface area contributed by atoms with Crippen LogP contribution in [0.5, 0.6) is 0 Å². The maximum atomic E-state index is 12.6. The Morgan fingerprint density at radius 1 is 1.37 bits per heavy atom. The third-order valence-electron chi connectivity index (χ3n) is 4.40. The minimum absolute atomic E-state index is 0.0677. The van der Waals surface area contributed by atoms with Gasteiger partial charge in [0.25, 0.3) is 0 Å². The summed E-state index contributed by atoms with van der Waals surface area (Å²) in [6, 6.07) is 0.317. The average molecular weight is 269 g/mol. The zero-order valence-electron chi connectivity index (χ0n) is 12.0. The van der Waals surface area contributed by atoms with Gasteiger partial charge in [-0.15, -0.1) is 0 Å². The van der Waals surface area contributed by atoms with Crippen LogP contribution in [0.4, 0.5) is 0 Å². The maximum absolute atomic E-state index is 12.6. The smallest absolute Gasteiger partial charge is 0.227 e. The number of carbonyl (C=O) groups excluding carboxylic acids is 1. The molecule has 110 valence electrons. The van der Waals surface area contributed by atoms with E-state index in [9.17, 15) is 9.90 Å². The number of aliphatic hydroxyl groups is 1. The Balaban J connectivity index is 1.95. The number of rotatable bonds is 4. The van der Waals surface area contributed by atoms with Crippen molar-refractivity contribution in [1.82, 2.24) is 15.1 Å². The molecule has 1 amide bonds. The average Bonchev–Trinajstić information content (AvgIpc) is 2.46. The highest BCUT2D eigenvalue weighted by atomic mass is 16.3. The molecular weight excluding hydrogens is 242 g/mol. The summed E-state index contributed by atoms with van der Waals surface area (Å²) in [7, 11) is 2.12. The minimum atomic E-state index is 0.0677. The van der Waals surface area contributed by atoms with Gasteiger partial charge in [-0.25, -0.2) is 0 Å².